The van der Waals surface area contributed by atoms with Gasteiger partial charge in [-0.2, -0.15) is 0 Å². The van der Waals surface area contributed by atoms with Crippen LogP contribution in [0.4, 0.5) is 5.69 Å². The molecule has 168 valence electrons. The number of aromatic nitrogens is 2. The molecule has 5 rings (SSSR count). The number of hydrogen-bond acceptors (Lipinski definition) is 4. The van der Waals surface area contributed by atoms with Crippen LogP contribution in [0.3, 0.4) is 0 Å². The third kappa shape index (κ3) is 4.14. The highest BCUT2D eigenvalue weighted by atomic mass is 35.5. The van der Waals surface area contributed by atoms with Crippen LogP contribution < -0.4 is 4.31 Å². The van der Waals surface area contributed by atoms with Crippen molar-refractivity contribution in [1.29, 1.82) is 0 Å². The number of benzene rings is 1. The Labute approximate surface area is 195 Å². The van der Waals surface area contributed by atoms with E-state index in [2.05, 4.69) is 15.5 Å². The maximum absolute atomic E-state index is 12.4. The summed E-state index contributed by atoms with van der Waals surface area (Å²) < 4.78 is 16.5. The Morgan fingerprint density at radius 1 is 1.06 bits per heavy atom. The molecular weight excluding hydrogens is 446 g/mol. The first kappa shape index (κ1) is 21.4. The molecule has 2 saturated heterocycles. The van der Waals surface area contributed by atoms with Gasteiger partial charge in [-0.05, 0) is 30.7 Å². The van der Waals surface area contributed by atoms with Crippen LogP contribution in [0, 0.1) is 0 Å². The standard InChI is InChI=1S/C23H26ClN5O2S/c1-17(30)27-12-10-26(11-13-27)16-21-23(18-3-5-19(24)6-4-18)25-22-8-7-20(15-28(21)22)29-9-2-14-32(29)31/h3-8,15H,2,9-14,16H2,1H3. The number of carbonyl (C=O) groups excluding carboxylic acids is 1. The molecule has 2 aliphatic heterocycles. The molecule has 0 saturated carbocycles. The predicted molar refractivity (Wildman–Crippen MR) is 128 cm³/mol. The lowest BCUT2D eigenvalue weighted by Crippen LogP contribution is -2.47. The zero-order valence-electron chi connectivity index (χ0n) is 18.0. The van der Waals surface area contributed by atoms with Crippen LogP contribution in [-0.2, 0) is 22.3 Å². The van der Waals surface area contributed by atoms with Crippen molar-refractivity contribution < 1.29 is 9.00 Å². The normalized spacial score (nSPS) is 19.8. The van der Waals surface area contributed by atoms with Crippen molar-refractivity contribution in [2.24, 2.45) is 0 Å². The van der Waals surface area contributed by atoms with Gasteiger partial charge in [-0.15, -0.1) is 0 Å². The van der Waals surface area contributed by atoms with E-state index in [1.807, 2.05) is 45.6 Å². The number of piperazine rings is 1. The first-order valence-corrected chi connectivity index (χ1v) is 12.6. The highest BCUT2D eigenvalue weighted by Gasteiger charge is 2.24. The van der Waals surface area contributed by atoms with Crippen LogP contribution in [0.5, 0.6) is 0 Å². The van der Waals surface area contributed by atoms with Gasteiger partial charge >= 0.3 is 0 Å². The topological polar surface area (TPSA) is 61.2 Å². The van der Waals surface area contributed by atoms with Crippen molar-refractivity contribution >= 4 is 39.8 Å². The molecule has 3 aromatic rings. The van der Waals surface area contributed by atoms with E-state index in [1.165, 1.54) is 0 Å². The monoisotopic (exact) mass is 471 g/mol. The fraction of sp³-hybridized carbons (Fsp3) is 0.391. The average Bonchev–Trinajstić information content (AvgIpc) is 3.38. The van der Waals surface area contributed by atoms with Gasteiger partial charge in [0.15, 0.2) is 0 Å². The fourth-order valence-electron chi connectivity index (χ4n) is 4.44. The summed E-state index contributed by atoms with van der Waals surface area (Å²) in [6, 6.07) is 11.8. The molecule has 0 N–H and O–H groups in total. The number of amides is 1. The summed E-state index contributed by atoms with van der Waals surface area (Å²) in [6.07, 6.45) is 3.00. The summed E-state index contributed by atoms with van der Waals surface area (Å²) in [5.74, 6) is 0.843. The minimum atomic E-state index is -0.971. The Balaban J connectivity index is 1.53. The highest BCUT2D eigenvalue weighted by Crippen LogP contribution is 2.30. The molecule has 0 radical (unpaired) electrons. The Morgan fingerprint density at radius 3 is 2.47 bits per heavy atom. The second kappa shape index (κ2) is 8.84. The van der Waals surface area contributed by atoms with Gasteiger partial charge in [0, 0.05) is 68.7 Å². The van der Waals surface area contributed by atoms with Gasteiger partial charge in [0.2, 0.25) is 5.91 Å². The second-order valence-electron chi connectivity index (χ2n) is 8.29. The zero-order valence-corrected chi connectivity index (χ0v) is 19.6. The predicted octanol–water partition coefficient (Wildman–Crippen LogP) is 3.19. The van der Waals surface area contributed by atoms with E-state index in [0.717, 1.165) is 74.0 Å². The van der Waals surface area contributed by atoms with Gasteiger partial charge in [0.25, 0.3) is 0 Å². The van der Waals surface area contributed by atoms with Crippen LogP contribution in [0.1, 0.15) is 19.0 Å². The van der Waals surface area contributed by atoms with Gasteiger partial charge in [0.05, 0.1) is 17.1 Å². The number of hydrogen-bond donors (Lipinski definition) is 0. The van der Waals surface area contributed by atoms with Gasteiger partial charge < -0.3 is 4.90 Å². The maximum Gasteiger partial charge on any atom is 0.219 e. The van der Waals surface area contributed by atoms with E-state index in [-0.39, 0.29) is 5.91 Å². The van der Waals surface area contributed by atoms with Crippen LogP contribution >= 0.6 is 11.6 Å². The summed E-state index contributed by atoms with van der Waals surface area (Å²) in [5.41, 5.74) is 4.85. The number of fused-ring (bicyclic) bond motifs is 1. The number of anilines is 1. The number of halogens is 1. The highest BCUT2D eigenvalue weighted by molar-refractivity contribution is 7.86. The smallest absolute Gasteiger partial charge is 0.219 e. The zero-order chi connectivity index (χ0) is 22.2. The summed E-state index contributed by atoms with van der Waals surface area (Å²) in [4.78, 5) is 20.9. The molecule has 1 unspecified atom stereocenters. The molecule has 2 aromatic heterocycles. The Bertz CT molecular complexity index is 1170. The lowest BCUT2D eigenvalue weighted by molar-refractivity contribution is -0.130. The number of imidazole rings is 1. The van der Waals surface area contributed by atoms with Crippen molar-refractivity contribution in [2.45, 2.75) is 19.9 Å². The summed E-state index contributed by atoms with van der Waals surface area (Å²) >= 11 is 6.12. The molecule has 32 heavy (non-hydrogen) atoms. The lowest BCUT2D eigenvalue weighted by atomic mass is 10.1. The quantitative estimate of drug-likeness (QED) is 0.586. The molecule has 9 heteroatoms. The first-order chi connectivity index (χ1) is 15.5. The molecule has 2 fully saturated rings. The Kier molecular flexibility index (Phi) is 5.92. The minimum Gasteiger partial charge on any atom is -0.340 e. The molecule has 4 heterocycles. The van der Waals surface area contributed by atoms with E-state index in [0.29, 0.717) is 10.8 Å². The van der Waals surface area contributed by atoms with Crippen molar-refractivity contribution in [3.63, 3.8) is 0 Å². The Morgan fingerprint density at radius 2 is 1.81 bits per heavy atom. The van der Waals surface area contributed by atoms with Crippen LogP contribution in [0.25, 0.3) is 16.9 Å². The number of carbonyl (C=O) groups is 1. The fourth-order valence-corrected chi connectivity index (χ4v) is 5.84. The third-order valence-corrected chi connectivity index (χ3v) is 8.00. The van der Waals surface area contributed by atoms with Gasteiger partial charge in [-0.1, -0.05) is 23.7 Å². The molecule has 1 atom stereocenters. The molecule has 7 nitrogen and oxygen atoms in total. The summed E-state index contributed by atoms with van der Waals surface area (Å²) in [5, 5.41) is 0.693. The lowest BCUT2D eigenvalue weighted by Gasteiger charge is -2.34. The Hall–Kier alpha value is -2.42. The van der Waals surface area contributed by atoms with Crippen molar-refractivity contribution in [1.82, 2.24) is 19.2 Å². The minimum absolute atomic E-state index is 0.129. The van der Waals surface area contributed by atoms with Crippen molar-refractivity contribution in [3.05, 3.63) is 53.3 Å². The van der Waals surface area contributed by atoms with Crippen LogP contribution in [-0.4, -0.2) is 67.8 Å². The van der Waals surface area contributed by atoms with Crippen molar-refractivity contribution in [3.8, 4) is 11.3 Å². The molecule has 0 bridgehead atoms. The van der Waals surface area contributed by atoms with Gasteiger partial charge in [-0.25, -0.2) is 9.19 Å². The number of pyridine rings is 1. The summed E-state index contributed by atoms with van der Waals surface area (Å²) in [6.45, 7) is 6.27. The largest absolute Gasteiger partial charge is 0.340 e. The van der Waals surface area contributed by atoms with E-state index in [1.54, 1.807) is 6.92 Å². The number of rotatable bonds is 4. The second-order valence-corrected chi connectivity index (χ2v) is 10.2. The molecule has 1 amide bonds. The van der Waals surface area contributed by atoms with Crippen LogP contribution in [0.2, 0.25) is 5.02 Å². The van der Waals surface area contributed by atoms with E-state index in [9.17, 15) is 9.00 Å². The maximum atomic E-state index is 12.4. The van der Waals surface area contributed by atoms with Crippen LogP contribution in [0.15, 0.2) is 42.6 Å². The number of nitrogens with zero attached hydrogens (tertiary/aromatic N) is 5. The van der Waals surface area contributed by atoms with Crippen molar-refractivity contribution in [2.75, 3.05) is 42.8 Å². The summed E-state index contributed by atoms with van der Waals surface area (Å²) in [7, 11) is -0.971. The third-order valence-electron chi connectivity index (χ3n) is 6.22. The van der Waals surface area contributed by atoms with E-state index in [4.69, 9.17) is 16.6 Å². The molecule has 2 aliphatic rings. The van der Waals surface area contributed by atoms with Gasteiger partial charge in [0.1, 0.15) is 16.6 Å². The SMILES string of the molecule is CC(=O)N1CCN(Cc2c(-c3ccc(Cl)cc3)nc3ccc(N4CCCS4=O)cn23)CC1. The molecular formula is C23H26ClN5O2S. The first-order valence-electron chi connectivity index (χ1n) is 10.9. The molecule has 0 spiro atoms. The average molecular weight is 472 g/mol. The molecule has 1 aromatic carbocycles. The van der Waals surface area contributed by atoms with E-state index < -0.39 is 11.0 Å². The molecule has 0 aliphatic carbocycles. The van der Waals surface area contributed by atoms with Gasteiger partial charge in [-0.3, -0.25) is 18.4 Å². The van der Waals surface area contributed by atoms with E-state index >= 15 is 0 Å².